The average Bonchev–Trinajstić information content (AvgIpc) is 3.18. The zero-order valence-corrected chi connectivity index (χ0v) is 17.2. The smallest absolute Gasteiger partial charge is 0.240 e. The van der Waals surface area contributed by atoms with Crippen LogP contribution in [0.25, 0.3) is 16.9 Å². The highest BCUT2D eigenvalue weighted by Gasteiger charge is 2.35. The summed E-state index contributed by atoms with van der Waals surface area (Å²) in [6, 6.07) is 15.8. The molecule has 0 saturated carbocycles. The van der Waals surface area contributed by atoms with Crippen molar-refractivity contribution in [2.45, 2.75) is 24.9 Å². The van der Waals surface area contributed by atoms with Crippen LogP contribution in [-0.4, -0.2) is 34.4 Å². The minimum atomic E-state index is -0.913. The fraction of sp³-hybridized carbons (Fsp3) is 0.273. The van der Waals surface area contributed by atoms with Crippen LogP contribution in [0.1, 0.15) is 18.4 Å². The van der Waals surface area contributed by atoms with E-state index in [-0.39, 0.29) is 30.7 Å². The molecule has 6 nitrogen and oxygen atoms in total. The van der Waals surface area contributed by atoms with Crippen molar-refractivity contribution in [3.05, 3.63) is 72.2 Å². The van der Waals surface area contributed by atoms with Crippen LogP contribution in [0.5, 0.6) is 0 Å². The van der Waals surface area contributed by atoms with Crippen LogP contribution >= 0.6 is 12.4 Å². The fourth-order valence-corrected chi connectivity index (χ4v) is 3.42. The van der Waals surface area contributed by atoms with Crippen LogP contribution in [0.3, 0.4) is 0 Å². The van der Waals surface area contributed by atoms with Gasteiger partial charge in [0, 0.05) is 37.1 Å². The molecular weight excluding hydrogens is 407 g/mol. The largest absolute Gasteiger partial charge is 0.381 e. The monoisotopic (exact) mass is 430 g/mol. The van der Waals surface area contributed by atoms with Crippen molar-refractivity contribution in [2.75, 3.05) is 13.2 Å². The van der Waals surface area contributed by atoms with E-state index < -0.39 is 5.54 Å². The molecule has 1 aliphatic rings. The van der Waals surface area contributed by atoms with Gasteiger partial charge in [-0.15, -0.1) is 12.4 Å². The molecule has 0 atom stereocenters. The molecule has 1 saturated heterocycles. The molecule has 1 aliphatic heterocycles. The minimum Gasteiger partial charge on any atom is -0.381 e. The molecule has 2 aromatic carbocycles. The summed E-state index contributed by atoms with van der Waals surface area (Å²) in [4.78, 5) is 12.7. The Balaban J connectivity index is 0.00000256. The lowest BCUT2D eigenvalue weighted by molar-refractivity contribution is -0.129. The number of halogens is 2. The van der Waals surface area contributed by atoms with Gasteiger partial charge in [-0.2, -0.15) is 5.10 Å². The van der Waals surface area contributed by atoms with Crippen molar-refractivity contribution in [3.8, 4) is 16.9 Å². The molecule has 1 fully saturated rings. The van der Waals surface area contributed by atoms with E-state index in [9.17, 15) is 9.18 Å². The van der Waals surface area contributed by atoms with Crippen molar-refractivity contribution in [1.82, 2.24) is 15.1 Å². The average molecular weight is 431 g/mol. The van der Waals surface area contributed by atoms with E-state index in [1.165, 1.54) is 12.1 Å². The maximum absolute atomic E-state index is 13.4. The molecule has 30 heavy (non-hydrogen) atoms. The second-order valence-corrected chi connectivity index (χ2v) is 7.24. The standard InChI is InChI=1S/C22H23FN4O2.ClH/c23-18-8-6-16(7-9-18)20-17(15-27(26-20)19-4-2-1-3-5-19)14-25-21(28)22(24)10-12-29-13-11-22;/h1-9,15H,10-14,24H2,(H,25,28);1H. The zero-order chi connectivity index (χ0) is 20.3. The van der Waals surface area contributed by atoms with Gasteiger partial charge in [-0.25, -0.2) is 9.07 Å². The topological polar surface area (TPSA) is 82.2 Å². The van der Waals surface area contributed by atoms with Gasteiger partial charge in [0.25, 0.3) is 0 Å². The Bertz CT molecular complexity index is 986. The number of amides is 1. The summed E-state index contributed by atoms with van der Waals surface area (Å²) in [5, 5.41) is 7.63. The maximum Gasteiger partial charge on any atom is 0.240 e. The summed E-state index contributed by atoms with van der Waals surface area (Å²) >= 11 is 0. The molecule has 1 aromatic heterocycles. The fourth-order valence-electron chi connectivity index (χ4n) is 3.42. The number of nitrogens with two attached hydrogens (primary N) is 1. The highest BCUT2D eigenvalue weighted by Crippen LogP contribution is 2.25. The van der Waals surface area contributed by atoms with E-state index in [1.807, 2.05) is 36.5 Å². The van der Waals surface area contributed by atoms with Crippen molar-refractivity contribution in [2.24, 2.45) is 5.73 Å². The zero-order valence-electron chi connectivity index (χ0n) is 16.4. The number of aromatic nitrogens is 2. The third-order valence-corrected chi connectivity index (χ3v) is 5.21. The van der Waals surface area contributed by atoms with Crippen molar-refractivity contribution >= 4 is 18.3 Å². The Morgan fingerprint density at radius 3 is 2.47 bits per heavy atom. The normalized spacial score (nSPS) is 15.3. The predicted molar refractivity (Wildman–Crippen MR) is 115 cm³/mol. The van der Waals surface area contributed by atoms with Gasteiger partial charge in [0.2, 0.25) is 5.91 Å². The Kier molecular flexibility index (Phi) is 6.87. The Morgan fingerprint density at radius 1 is 1.13 bits per heavy atom. The molecule has 0 bridgehead atoms. The highest BCUT2D eigenvalue weighted by atomic mass is 35.5. The number of hydrogen-bond acceptors (Lipinski definition) is 4. The number of nitrogens with one attached hydrogen (secondary N) is 1. The Hall–Kier alpha value is -2.74. The third kappa shape index (κ3) is 4.70. The number of nitrogens with zero attached hydrogens (tertiary/aromatic N) is 2. The first-order valence-electron chi connectivity index (χ1n) is 9.60. The molecule has 3 aromatic rings. The van der Waals surface area contributed by atoms with Crippen LogP contribution in [-0.2, 0) is 16.1 Å². The Morgan fingerprint density at radius 2 is 1.80 bits per heavy atom. The molecule has 3 N–H and O–H groups in total. The molecule has 0 aliphatic carbocycles. The molecule has 0 unspecified atom stereocenters. The van der Waals surface area contributed by atoms with Crippen LogP contribution in [0, 0.1) is 5.82 Å². The lowest BCUT2D eigenvalue weighted by Gasteiger charge is -2.31. The van der Waals surface area contributed by atoms with E-state index in [1.54, 1.807) is 16.8 Å². The maximum atomic E-state index is 13.4. The third-order valence-electron chi connectivity index (χ3n) is 5.21. The minimum absolute atomic E-state index is 0. The van der Waals surface area contributed by atoms with E-state index >= 15 is 0 Å². The summed E-state index contributed by atoms with van der Waals surface area (Å²) in [6.45, 7) is 1.24. The predicted octanol–water partition coefficient (Wildman–Crippen LogP) is 3.22. The molecular formula is C22H24ClFN4O2. The SMILES string of the molecule is Cl.NC1(C(=O)NCc2cn(-c3ccccc3)nc2-c2ccc(F)cc2)CCOCC1. The van der Waals surface area contributed by atoms with Gasteiger partial charge < -0.3 is 15.8 Å². The highest BCUT2D eigenvalue weighted by molar-refractivity contribution is 5.86. The van der Waals surface area contributed by atoms with Gasteiger partial charge in [-0.1, -0.05) is 18.2 Å². The number of carbonyl (C=O) groups excluding carboxylic acids is 1. The quantitative estimate of drug-likeness (QED) is 0.651. The van der Waals surface area contributed by atoms with E-state index in [0.29, 0.717) is 31.7 Å². The first-order valence-corrected chi connectivity index (χ1v) is 9.60. The van der Waals surface area contributed by atoms with E-state index in [4.69, 9.17) is 10.5 Å². The summed E-state index contributed by atoms with van der Waals surface area (Å²) in [5.41, 5.74) is 8.55. The first-order chi connectivity index (χ1) is 14.0. The second kappa shape index (κ2) is 9.38. The molecule has 8 heteroatoms. The van der Waals surface area contributed by atoms with Crippen LogP contribution in [0.2, 0.25) is 0 Å². The van der Waals surface area contributed by atoms with Crippen molar-refractivity contribution in [1.29, 1.82) is 0 Å². The summed E-state index contributed by atoms with van der Waals surface area (Å²) in [5.74, 6) is -0.506. The number of rotatable bonds is 5. The van der Waals surface area contributed by atoms with Crippen LogP contribution in [0.4, 0.5) is 4.39 Å². The summed E-state index contributed by atoms with van der Waals surface area (Å²) in [6.07, 6.45) is 2.86. The number of benzene rings is 2. The number of ether oxygens (including phenoxy) is 1. The molecule has 1 amide bonds. The van der Waals surface area contributed by atoms with Gasteiger partial charge in [0.05, 0.1) is 16.9 Å². The van der Waals surface area contributed by atoms with Gasteiger partial charge in [0.1, 0.15) is 5.82 Å². The van der Waals surface area contributed by atoms with Crippen molar-refractivity contribution < 1.29 is 13.9 Å². The lowest BCUT2D eigenvalue weighted by Crippen LogP contribution is -2.56. The van der Waals surface area contributed by atoms with Gasteiger partial charge >= 0.3 is 0 Å². The second-order valence-electron chi connectivity index (χ2n) is 7.24. The van der Waals surface area contributed by atoms with Crippen LogP contribution in [0.15, 0.2) is 60.8 Å². The first kappa shape index (κ1) is 22.0. The molecule has 0 radical (unpaired) electrons. The van der Waals surface area contributed by atoms with Gasteiger partial charge in [-0.3, -0.25) is 4.79 Å². The summed E-state index contributed by atoms with van der Waals surface area (Å²) < 4.78 is 20.4. The van der Waals surface area contributed by atoms with E-state index in [0.717, 1.165) is 16.8 Å². The molecule has 158 valence electrons. The number of hydrogen-bond donors (Lipinski definition) is 2. The number of para-hydroxylation sites is 1. The molecule has 2 heterocycles. The lowest BCUT2D eigenvalue weighted by atomic mass is 9.90. The van der Waals surface area contributed by atoms with Gasteiger partial charge in [0.15, 0.2) is 0 Å². The number of carbonyl (C=O) groups is 1. The molecule has 0 spiro atoms. The Labute approximate surface area is 180 Å². The van der Waals surface area contributed by atoms with Gasteiger partial charge in [-0.05, 0) is 49.2 Å². The van der Waals surface area contributed by atoms with E-state index in [2.05, 4.69) is 10.4 Å². The van der Waals surface area contributed by atoms with Crippen LogP contribution < -0.4 is 11.1 Å². The molecule has 4 rings (SSSR count). The summed E-state index contributed by atoms with van der Waals surface area (Å²) in [7, 11) is 0. The van der Waals surface area contributed by atoms with Crippen molar-refractivity contribution in [3.63, 3.8) is 0 Å².